The summed E-state index contributed by atoms with van der Waals surface area (Å²) in [4.78, 5) is 26.3. The molecule has 0 spiro atoms. The molecule has 2 aromatic rings. The predicted molar refractivity (Wildman–Crippen MR) is 87.0 cm³/mol. The molecular weight excluding hydrogens is 316 g/mol. The Labute approximate surface area is 137 Å². The number of carbonyl (C=O) groups is 1. The Morgan fingerprint density at radius 3 is 3.00 bits per heavy atom. The topological polar surface area (TPSA) is 72.7 Å². The molecule has 0 fully saturated rings. The van der Waals surface area contributed by atoms with Gasteiger partial charge in [-0.3, -0.25) is 14.9 Å². The maximum absolute atomic E-state index is 12.6. The van der Waals surface area contributed by atoms with Crippen molar-refractivity contribution < 1.29 is 14.5 Å². The maximum atomic E-state index is 12.6. The van der Waals surface area contributed by atoms with Gasteiger partial charge in [0, 0.05) is 29.6 Å². The summed E-state index contributed by atoms with van der Waals surface area (Å²) < 4.78 is 5.25. The molecule has 1 aromatic heterocycles. The van der Waals surface area contributed by atoms with E-state index >= 15 is 0 Å². The number of thiophene rings is 1. The third kappa shape index (κ3) is 3.05. The van der Waals surface area contributed by atoms with Crippen LogP contribution in [0.4, 0.5) is 5.69 Å². The highest BCUT2D eigenvalue weighted by atomic mass is 32.1. The summed E-state index contributed by atoms with van der Waals surface area (Å²) in [6.45, 7) is 3.28. The summed E-state index contributed by atoms with van der Waals surface area (Å²) in [6, 6.07) is 6.41. The SMILES string of the molecule is CCOc1ccc(C(=O)N2CCc3sccc3C2)cc1[N+](=O)[O-]. The fourth-order valence-corrected chi connectivity index (χ4v) is 3.56. The first-order valence-corrected chi connectivity index (χ1v) is 8.24. The zero-order chi connectivity index (χ0) is 16.4. The van der Waals surface area contributed by atoms with E-state index < -0.39 is 4.92 Å². The van der Waals surface area contributed by atoms with Gasteiger partial charge in [-0.25, -0.2) is 0 Å². The molecule has 120 valence electrons. The molecule has 2 heterocycles. The van der Waals surface area contributed by atoms with E-state index in [2.05, 4.69) is 0 Å². The van der Waals surface area contributed by atoms with Gasteiger partial charge in [0.15, 0.2) is 5.75 Å². The lowest BCUT2D eigenvalue weighted by Crippen LogP contribution is -2.35. The molecule has 0 unspecified atom stereocenters. The van der Waals surface area contributed by atoms with Crippen molar-refractivity contribution in [3.05, 3.63) is 55.8 Å². The van der Waals surface area contributed by atoms with Crippen LogP contribution in [-0.4, -0.2) is 28.9 Å². The van der Waals surface area contributed by atoms with Crippen molar-refractivity contribution in [3.63, 3.8) is 0 Å². The van der Waals surface area contributed by atoms with Crippen LogP contribution in [-0.2, 0) is 13.0 Å². The van der Waals surface area contributed by atoms with E-state index in [4.69, 9.17) is 4.74 Å². The minimum atomic E-state index is -0.519. The second-order valence-electron chi connectivity index (χ2n) is 5.22. The van der Waals surface area contributed by atoms with Gasteiger partial charge in [-0.2, -0.15) is 0 Å². The smallest absolute Gasteiger partial charge is 0.311 e. The molecule has 1 aromatic carbocycles. The van der Waals surface area contributed by atoms with Crippen molar-refractivity contribution >= 4 is 22.9 Å². The first-order chi connectivity index (χ1) is 11.1. The fraction of sp³-hybridized carbons (Fsp3) is 0.312. The number of fused-ring (bicyclic) bond motifs is 1. The van der Waals surface area contributed by atoms with Crippen LogP contribution in [0.3, 0.4) is 0 Å². The minimum absolute atomic E-state index is 0.175. The molecule has 1 aliphatic heterocycles. The normalized spacial score (nSPS) is 13.5. The first kappa shape index (κ1) is 15.5. The van der Waals surface area contributed by atoms with Gasteiger partial charge < -0.3 is 9.64 Å². The van der Waals surface area contributed by atoms with Gasteiger partial charge in [0.25, 0.3) is 5.91 Å². The molecule has 1 amide bonds. The number of hydrogen-bond donors (Lipinski definition) is 0. The van der Waals surface area contributed by atoms with Gasteiger partial charge in [0.05, 0.1) is 11.5 Å². The van der Waals surface area contributed by atoms with E-state index in [1.54, 1.807) is 29.2 Å². The highest BCUT2D eigenvalue weighted by Crippen LogP contribution is 2.30. The van der Waals surface area contributed by atoms with Crippen LogP contribution in [0.15, 0.2) is 29.6 Å². The van der Waals surface area contributed by atoms with E-state index in [9.17, 15) is 14.9 Å². The highest BCUT2D eigenvalue weighted by Gasteiger charge is 2.25. The quantitative estimate of drug-likeness (QED) is 0.636. The van der Waals surface area contributed by atoms with Crippen molar-refractivity contribution in [1.29, 1.82) is 0 Å². The number of ether oxygens (including phenoxy) is 1. The van der Waals surface area contributed by atoms with Gasteiger partial charge in [-0.1, -0.05) is 0 Å². The number of nitrogens with zero attached hydrogens (tertiary/aromatic N) is 2. The summed E-state index contributed by atoms with van der Waals surface area (Å²) in [5.41, 5.74) is 1.31. The van der Waals surface area contributed by atoms with Crippen LogP contribution in [0.2, 0.25) is 0 Å². The molecule has 0 saturated heterocycles. The minimum Gasteiger partial charge on any atom is -0.487 e. The lowest BCUT2D eigenvalue weighted by molar-refractivity contribution is -0.385. The van der Waals surface area contributed by atoms with E-state index in [1.165, 1.54) is 17.0 Å². The van der Waals surface area contributed by atoms with E-state index in [0.717, 1.165) is 12.0 Å². The largest absolute Gasteiger partial charge is 0.487 e. The van der Waals surface area contributed by atoms with E-state index in [0.29, 0.717) is 25.3 Å². The number of amides is 1. The Hall–Kier alpha value is -2.41. The van der Waals surface area contributed by atoms with Gasteiger partial charge in [-0.15, -0.1) is 11.3 Å². The number of nitro benzene ring substituents is 1. The standard InChI is InChI=1S/C16H16N2O4S/c1-2-22-14-4-3-11(9-13(14)18(20)21)16(19)17-7-5-15-12(10-17)6-8-23-15/h3-4,6,8-9H,2,5,7,10H2,1H3. The van der Waals surface area contributed by atoms with E-state index in [1.807, 2.05) is 11.4 Å². The van der Waals surface area contributed by atoms with Crippen molar-refractivity contribution in [3.8, 4) is 5.75 Å². The van der Waals surface area contributed by atoms with Crippen LogP contribution in [0.1, 0.15) is 27.7 Å². The average Bonchev–Trinajstić information content (AvgIpc) is 3.02. The van der Waals surface area contributed by atoms with Crippen molar-refractivity contribution in [2.45, 2.75) is 19.9 Å². The van der Waals surface area contributed by atoms with Crippen LogP contribution in [0.5, 0.6) is 5.75 Å². The average molecular weight is 332 g/mol. The van der Waals surface area contributed by atoms with Crippen LogP contribution >= 0.6 is 11.3 Å². The Balaban J connectivity index is 1.85. The highest BCUT2D eigenvalue weighted by molar-refractivity contribution is 7.10. The molecule has 3 rings (SSSR count). The number of carbonyl (C=O) groups excluding carboxylic acids is 1. The molecule has 0 atom stereocenters. The molecule has 0 N–H and O–H groups in total. The Kier molecular flexibility index (Phi) is 4.29. The Bertz CT molecular complexity index is 756. The second-order valence-corrected chi connectivity index (χ2v) is 6.22. The van der Waals surface area contributed by atoms with Crippen molar-refractivity contribution in [2.75, 3.05) is 13.2 Å². The predicted octanol–water partition coefficient (Wildman–Crippen LogP) is 3.25. The summed E-state index contributed by atoms with van der Waals surface area (Å²) in [6.07, 6.45) is 0.831. The first-order valence-electron chi connectivity index (χ1n) is 7.36. The molecule has 1 aliphatic rings. The third-order valence-electron chi connectivity index (χ3n) is 3.80. The lowest BCUT2D eigenvalue weighted by atomic mass is 10.1. The fourth-order valence-electron chi connectivity index (χ4n) is 2.68. The van der Waals surface area contributed by atoms with Gasteiger partial charge in [0.2, 0.25) is 0 Å². The maximum Gasteiger partial charge on any atom is 0.311 e. The summed E-state index contributed by atoms with van der Waals surface area (Å²) in [5.74, 6) is 0.000753. The molecule has 0 saturated carbocycles. The molecule has 0 aliphatic carbocycles. The molecule has 0 radical (unpaired) electrons. The van der Waals surface area contributed by atoms with Crippen LogP contribution < -0.4 is 4.74 Å². The number of nitro groups is 1. The van der Waals surface area contributed by atoms with Gasteiger partial charge in [-0.05, 0) is 42.5 Å². The lowest BCUT2D eigenvalue weighted by Gasteiger charge is -2.27. The second kappa shape index (κ2) is 6.37. The summed E-state index contributed by atoms with van der Waals surface area (Å²) in [5, 5.41) is 13.2. The Morgan fingerprint density at radius 2 is 2.26 bits per heavy atom. The molecule has 23 heavy (non-hydrogen) atoms. The van der Waals surface area contributed by atoms with Gasteiger partial charge in [0.1, 0.15) is 0 Å². The zero-order valence-electron chi connectivity index (χ0n) is 12.7. The third-order valence-corrected chi connectivity index (χ3v) is 4.82. The van der Waals surface area contributed by atoms with Crippen LogP contribution in [0, 0.1) is 10.1 Å². The van der Waals surface area contributed by atoms with Crippen LogP contribution in [0.25, 0.3) is 0 Å². The van der Waals surface area contributed by atoms with E-state index in [-0.39, 0.29) is 17.3 Å². The molecule has 6 nitrogen and oxygen atoms in total. The number of hydrogen-bond acceptors (Lipinski definition) is 5. The zero-order valence-corrected chi connectivity index (χ0v) is 13.5. The number of benzene rings is 1. The van der Waals surface area contributed by atoms with Crippen molar-refractivity contribution in [2.24, 2.45) is 0 Å². The molecule has 7 heteroatoms. The Morgan fingerprint density at radius 1 is 1.43 bits per heavy atom. The number of rotatable bonds is 4. The molecule has 0 bridgehead atoms. The van der Waals surface area contributed by atoms with Crippen molar-refractivity contribution in [1.82, 2.24) is 4.90 Å². The monoisotopic (exact) mass is 332 g/mol. The summed E-state index contributed by atoms with van der Waals surface area (Å²) in [7, 11) is 0. The van der Waals surface area contributed by atoms with Gasteiger partial charge >= 0.3 is 5.69 Å². The molecular formula is C16H16N2O4S. The summed E-state index contributed by atoms with van der Waals surface area (Å²) >= 11 is 1.70.